The predicted octanol–water partition coefficient (Wildman–Crippen LogP) is 1.78. The standard InChI is InChI=1S/C13H14N2O3/c1-17-9-5-2-4-8-11(9)14-13(16)15-12(8)10-6-3-7-18-10/h2,4-5,10H,3,6-7H2,1H3,(H,14,15,16). The number of benzene rings is 1. The Labute approximate surface area is 104 Å². The lowest BCUT2D eigenvalue weighted by atomic mass is 10.1. The zero-order chi connectivity index (χ0) is 12.5. The first-order valence-corrected chi connectivity index (χ1v) is 5.98. The van der Waals surface area contributed by atoms with Crippen LogP contribution in [-0.2, 0) is 4.74 Å². The van der Waals surface area contributed by atoms with Crippen molar-refractivity contribution in [3.05, 3.63) is 34.4 Å². The van der Waals surface area contributed by atoms with Gasteiger partial charge in [0.1, 0.15) is 11.3 Å². The topological polar surface area (TPSA) is 64.2 Å². The van der Waals surface area contributed by atoms with E-state index >= 15 is 0 Å². The van der Waals surface area contributed by atoms with Crippen LogP contribution in [0.4, 0.5) is 0 Å². The van der Waals surface area contributed by atoms with Gasteiger partial charge in [0.2, 0.25) is 0 Å². The predicted molar refractivity (Wildman–Crippen MR) is 66.8 cm³/mol. The highest BCUT2D eigenvalue weighted by molar-refractivity contribution is 5.86. The molecule has 1 saturated heterocycles. The van der Waals surface area contributed by atoms with Gasteiger partial charge in [-0.3, -0.25) is 0 Å². The Hall–Kier alpha value is -1.88. The van der Waals surface area contributed by atoms with Crippen molar-refractivity contribution in [3.8, 4) is 5.75 Å². The summed E-state index contributed by atoms with van der Waals surface area (Å²) in [6.45, 7) is 0.737. The summed E-state index contributed by atoms with van der Waals surface area (Å²) < 4.78 is 10.9. The molecule has 1 aromatic carbocycles. The Morgan fingerprint density at radius 1 is 1.50 bits per heavy atom. The lowest BCUT2D eigenvalue weighted by molar-refractivity contribution is 0.109. The molecule has 1 atom stereocenters. The van der Waals surface area contributed by atoms with Crippen LogP contribution in [0.3, 0.4) is 0 Å². The molecule has 1 fully saturated rings. The van der Waals surface area contributed by atoms with Crippen LogP contribution in [0.5, 0.6) is 5.75 Å². The van der Waals surface area contributed by atoms with Crippen LogP contribution in [0.15, 0.2) is 23.0 Å². The van der Waals surface area contributed by atoms with Crippen LogP contribution in [0.25, 0.3) is 10.9 Å². The van der Waals surface area contributed by atoms with Crippen LogP contribution >= 0.6 is 0 Å². The van der Waals surface area contributed by atoms with Gasteiger partial charge in [-0.15, -0.1) is 0 Å². The fourth-order valence-corrected chi connectivity index (χ4v) is 2.39. The SMILES string of the molecule is COc1cccc2c(C3CCCO3)[nH]c(=O)nc12. The van der Waals surface area contributed by atoms with Crippen molar-refractivity contribution in [2.75, 3.05) is 13.7 Å². The highest BCUT2D eigenvalue weighted by Gasteiger charge is 2.22. The molecule has 1 N–H and O–H groups in total. The van der Waals surface area contributed by atoms with Gasteiger partial charge in [-0.25, -0.2) is 4.79 Å². The molecule has 18 heavy (non-hydrogen) atoms. The Morgan fingerprint density at radius 2 is 2.39 bits per heavy atom. The number of aromatic amines is 1. The molecule has 94 valence electrons. The molecule has 0 aliphatic carbocycles. The van der Waals surface area contributed by atoms with E-state index in [4.69, 9.17) is 9.47 Å². The molecule has 5 heteroatoms. The van der Waals surface area contributed by atoms with E-state index in [1.807, 2.05) is 12.1 Å². The fraction of sp³-hybridized carbons (Fsp3) is 0.385. The molecule has 5 nitrogen and oxygen atoms in total. The second-order valence-corrected chi connectivity index (χ2v) is 4.31. The average molecular weight is 246 g/mol. The van der Waals surface area contributed by atoms with E-state index in [9.17, 15) is 4.79 Å². The summed E-state index contributed by atoms with van der Waals surface area (Å²) in [7, 11) is 1.57. The van der Waals surface area contributed by atoms with Crippen molar-refractivity contribution < 1.29 is 9.47 Å². The van der Waals surface area contributed by atoms with Gasteiger partial charge >= 0.3 is 5.69 Å². The van der Waals surface area contributed by atoms with Crippen molar-refractivity contribution in [1.82, 2.24) is 9.97 Å². The van der Waals surface area contributed by atoms with Gasteiger partial charge in [0.15, 0.2) is 0 Å². The molecule has 2 aromatic rings. The number of nitrogens with one attached hydrogen (secondary N) is 1. The summed E-state index contributed by atoms with van der Waals surface area (Å²) in [5, 5.41) is 0.890. The quantitative estimate of drug-likeness (QED) is 0.877. The van der Waals surface area contributed by atoms with E-state index in [1.165, 1.54) is 0 Å². The lowest BCUT2D eigenvalue weighted by Gasteiger charge is -2.13. The van der Waals surface area contributed by atoms with Gasteiger partial charge in [-0.05, 0) is 18.9 Å². The number of H-pyrrole nitrogens is 1. The van der Waals surface area contributed by atoms with E-state index in [0.717, 1.165) is 30.5 Å². The Morgan fingerprint density at radius 3 is 3.11 bits per heavy atom. The van der Waals surface area contributed by atoms with Gasteiger partial charge in [0.05, 0.1) is 18.9 Å². The third-order valence-electron chi connectivity index (χ3n) is 3.22. The maximum absolute atomic E-state index is 11.7. The number of fused-ring (bicyclic) bond motifs is 1. The van der Waals surface area contributed by atoms with Crippen LogP contribution in [-0.4, -0.2) is 23.7 Å². The molecule has 0 radical (unpaired) electrons. The monoisotopic (exact) mass is 246 g/mol. The molecule has 1 aliphatic heterocycles. The Bertz CT molecular complexity index is 630. The summed E-state index contributed by atoms with van der Waals surface area (Å²) in [6, 6.07) is 5.62. The minimum Gasteiger partial charge on any atom is -0.494 e. The minimum atomic E-state index is -0.363. The molecule has 3 rings (SSSR count). The van der Waals surface area contributed by atoms with E-state index in [1.54, 1.807) is 13.2 Å². The van der Waals surface area contributed by atoms with Crippen molar-refractivity contribution in [1.29, 1.82) is 0 Å². The maximum Gasteiger partial charge on any atom is 0.345 e. The van der Waals surface area contributed by atoms with Crippen LogP contribution in [0.1, 0.15) is 24.6 Å². The number of nitrogens with zero attached hydrogens (tertiary/aromatic N) is 1. The highest BCUT2D eigenvalue weighted by atomic mass is 16.5. The molecular formula is C13H14N2O3. The molecule has 1 aliphatic rings. The normalized spacial score (nSPS) is 19.3. The first-order valence-electron chi connectivity index (χ1n) is 5.98. The number of hydrogen-bond acceptors (Lipinski definition) is 4. The second-order valence-electron chi connectivity index (χ2n) is 4.31. The summed E-state index contributed by atoms with van der Waals surface area (Å²) in [4.78, 5) is 18.4. The maximum atomic E-state index is 11.7. The number of methoxy groups -OCH3 is 1. The summed E-state index contributed by atoms with van der Waals surface area (Å²) in [5.74, 6) is 0.609. The molecule has 1 unspecified atom stereocenters. The van der Waals surface area contributed by atoms with Crippen molar-refractivity contribution >= 4 is 10.9 Å². The molecule has 0 amide bonds. The van der Waals surface area contributed by atoms with Crippen LogP contribution in [0.2, 0.25) is 0 Å². The highest BCUT2D eigenvalue weighted by Crippen LogP contribution is 2.32. The third kappa shape index (κ3) is 1.76. The summed E-state index contributed by atoms with van der Waals surface area (Å²) in [5.41, 5.74) is 1.04. The van der Waals surface area contributed by atoms with Gasteiger partial charge in [-0.1, -0.05) is 12.1 Å². The number of hydrogen-bond donors (Lipinski definition) is 1. The molecular weight excluding hydrogens is 232 g/mol. The van der Waals surface area contributed by atoms with Crippen LogP contribution < -0.4 is 10.4 Å². The molecule has 0 spiro atoms. The number of para-hydroxylation sites is 1. The van der Waals surface area contributed by atoms with Gasteiger partial charge in [0.25, 0.3) is 0 Å². The van der Waals surface area contributed by atoms with E-state index in [-0.39, 0.29) is 11.8 Å². The molecule has 1 aromatic heterocycles. The van der Waals surface area contributed by atoms with Crippen molar-refractivity contribution in [2.24, 2.45) is 0 Å². The zero-order valence-electron chi connectivity index (χ0n) is 10.1. The van der Waals surface area contributed by atoms with E-state index < -0.39 is 0 Å². The smallest absolute Gasteiger partial charge is 0.345 e. The number of aromatic nitrogens is 2. The van der Waals surface area contributed by atoms with E-state index in [2.05, 4.69) is 9.97 Å². The number of rotatable bonds is 2. The first kappa shape index (κ1) is 11.2. The third-order valence-corrected chi connectivity index (χ3v) is 3.22. The Kier molecular flexibility index (Phi) is 2.76. The summed E-state index contributed by atoms with van der Waals surface area (Å²) >= 11 is 0. The van der Waals surface area contributed by atoms with Crippen molar-refractivity contribution in [2.45, 2.75) is 18.9 Å². The Balaban J connectivity index is 2.27. The first-order chi connectivity index (χ1) is 8.79. The zero-order valence-corrected chi connectivity index (χ0v) is 10.1. The molecule has 2 heterocycles. The second kappa shape index (κ2) is 4.42. The number of ether oxygens (including phenoxy) is 2. The molecule has 0 saturated carbocycles. The van der Waals surface area contributed by atoms with Gasteiger partial charge in [-0.2, -0.15) is 4.98 Å². The van der Waals surface area contributed by atoms with Crippen LogP contribution in [0, 0.1) is 0 Å². The van der Waals surface area contributed by atoms with Gasteiger partial charge in [0, 0.05) is 12.0 Å². The minimum absolute atomic E-state index is 0.0460. The summed E-state index contributed by atoms with van der Waals surface area (Å²) in [6.07, 6.45) is 1.89. The molecule has 0 bridgehead atoms. The largest absolute Gasteiger partial charge is 0.494 e. The van der Waals surface area contributed by atoms with Crippen molar-refractivity contribution in [3.63, 3.8) is 0 Å². The fourth-order valence-electron chi connectivity index (χ4n) is 2.39. The lowest BCUT2D eigenvalue weighted by Crippen LogP contribution is -2.15. The van der Waals surface area contributed by atoms with Gasteiger partial charge < -0.3 is 14.5 Å². The van der Waals surface area contributed by atoms with E-state index in [0.29, 0.717) is 11.3 Å². The average Bonchev–Trinajstić information content (AvgIpc) is 2.90.